The average Bonchev–Trinajstić information content (AvgIpc) is 3.19. The number of rotatable bonds is 3. The highest BCUT2D eigenvalue weighted by molar-refractivity contribution is 7.89. The largest absolute Gasteiger partial charge is 0.340 e. The van der Waals surface area contributed by atoms with Crippen molar-refractivity contribution in [3.8, 4) is 0 Å². The van der Waals surface area contributed by atoms with Crippen LogP contribution in [0.2, 0.25) is 0 Å². The summed E-state index contributed by atoms with van der Waals surface area (Å²) in [6, 6.07) is 5.80. The molecule has 1 aliphatic rings. The number of aromatic nitrogens is 3. The normalized spacial score (nSPS) is 17.2. The SMILES string of the molecule is Cc1sc2c(C)cccc2c1S(=O)(=O)N1CCC(c2n[nH]c(=O)[nH]2)CC1. The van der Waals surface area contributed by atoms with E-state index in [1.165, 1.54) is 11.3 Å². The van der Waals surface area contributed by atoms with Gasteiger partial charge in [0.2, 0.25) is 10.0 Å². The van der Waals surface area contributed by atoms with Crippen molar-refractivity contribution in [1.29, 1.82) is 0 Å². The number of thiophene rings is 1. The third kappa shape index (κ3) is 2.80. The molecule has 1 aromatic carbocycles. The van der Waals surface area contributed by atoms with Crippen molar-refractivity contribution >= 4 is 31.4 Å². The number of benzene rings is 1. The Labute approximate surface area is 155 Å². The van der Waals surface area contributed by atoms with Crippen LogP contribution in [0.4, 0.5) is 0 Å². The van der Waals surface area contributed by atoms with Crippen LogP contribution in [0.1, 0.15) is 35.0 Å². The number of H-pyrrole nitrogens is 2. The Bertz CT molecular complexity index is 1120. The molecule has 138 valence electrons. The zero-order chi connectivity index (χ0) is 18.5. The first-order valence-corrected chi connectivity index (χ1v) is 10.8. The van der Waals surface area contributed by atoms with Gasteiger partial charge in [-0.2, -0.15) is 9.40 Å². The third-order valence-electron chi connectivity index (χ3n) is 4.99. The molecule has 0 atom stereocenters. The number of hydrogen-bond donors (Lipinski definition) is 2. The van der Waals surface area contributed by atoms with Crippen LogP contribution >= 0.6 is 11.3 Å². The minimum atomic E-state index is -3.55. The first kappa shape index (κ1) is 17.4. The third-order valence-corrected chi connectivity index (χ3v) is 8.46. The Morgan fingerprint density at radius 3 is 2.62 bits per heavy atom. The molecule has 3 heterocycles. The number of sulfonamides is 1. The Morgan fingerprint density at radius 1 is 1.23 bits per heavy atom. The standard InChI is InChI=1S/C17H20N4O3S2/c1-10-4-3-5-13-14(10)25-11(2)15(13)26(23,24)21-8-6-12(7-9-21)16-18-17(22)20-19-16/h3-5,12H,6-9H2,1-2H3,(H2,18,19,20,22). The van der Waals surface area contributed by atoms with Crippen LogP contribution in [0, 0.1) is 13.8 Å². The van der Waals surface area contributed by atoms with Crippen molar-refractivity contribution in [1.82, 2.24) is 19.5 Å². The van der Waals surface area contributed by atoms with E-state index in [-0.39, 0.29) is 11.6 Å². The smallest absolute Gasteiger partial charge is 0.293 e. The van der Waals surface area contributed by atoms with Gasteiger partial charge in [0.15, 0.2) is 0 Å². The zero-order valence-electron chi connectivity index (χ0n) is 14.6. The molecule has 1 saturated heterocycles. The molecular formula is C17H20N4O3S2. The van der Waals surface area contributed by atoms with Gasteiger partial charge in [0, 0.05) is 34.0 Å². The molecular weight excluding hydrogens is 372 g/mol. The number of nitrogens with one attached hydrogen (secondary N) is 2. The minimum Gasteiger partial charge on any atom is -0.293 e. The summed E-state index contributed by atoms with van der Waals surface area (Å²) in [6.45, 7) is 4.72. The van der Waals surface area contributed by atoms with Crippen LogP contribution in [0.15, 0.2) is 27.9 Å². The maximum atomic E-state index is 13.3. The van der Waals surface area contributed by atoms with E-state index in [0.717, 1.165) is 20.5 Å². The molecule has 1 aliphatic heterocycles. The summed E-state index contributed by atoms with van der Waals surface area (Å²) >= 11 is 1.54. The Morgan fingerprint density at radius 2 is 1.96 bits per heavy atom. The van der Waals surface area contributed by atoms with Gasteiger partial charge < -0.3 is 0 Å². The van der Waals surface area contributed by atoms with E-state index in [0.29, 0.717) is 36.7 Å². The van der Waals surface area contributed by atoms with Crippen molar-refractivity contribution in [2.24, 2.45) is 0 Å². The van der Waals surface area contributed by atoms with Crippen LogP contribution in [-0.2, 0) is 10.0 Å². The molecule has 0 amide bonds. The van der Waals surface area contributed by atoms with E-state index in [9.17, 15) is 13.2 Å². The fourth-order valence-corrected chi connectivity index (χ4v) is 6.94. The lowest BCUT2D eigenvalue weighted by molar-refractivity contribution is 0.314. The van der Waals surface area contributed by atoms with Crippen LogP contribution in [0.25, 0.3) is 10.1 Å². The molecule has 7 nitrogen and oxygen atoms in total. The van der Waals surface area contributed by atoms with Gasteiger partial charge in [0.05, 0.1) is 0 Å². The molecule has 3 aromatic rings. The van der Waals surface area contributed by atoms with Gasteiger partial charge in [-0.1, -0.05) is 18.2 Å². The van der Waals surface area contributed by atoms with Crippen molar-refractivity contribution in [3.05, 3.63) is 44.9 Å². The molecule has 4 rings (SSSR count). The van der Waals surface area contributed by atoms with Gasteiger partial charge in [-0.25, -0.2) is 18.3 Å². The average molecular weight is 393 g/mol. The van der Waals surface area contributed by atoms with Crippen molar-refractivity contribution < 1.29 is 8.42 Å². The molecule has 1 fully saturated rings. The van der Waals surface area contributed by atoms with Crippen LogP contribution in [-0.4, -0.2) is 41.0 Å². The van der Waals surface area contributed by atoms with E-state index in [2.05, 4.69) is 15.2 Å². The molecule has 0 bridgehead atoms. The lowest BCUT2D eigenvalue weighted by atomic mass is 9.98. The van der Waals surface area contributed by atoms with Gasteiger partial charge in [-0.3, -0.25) is 4.98 Å². The topological polar surface area (TPSA) is 98.9 Å². The second kappa shape index (κ2) is 6.33. The first-order chi connectivity index (χ1) is 12.4. The Balaban J connectivity index is 1.63. The summed E-state index contributed by atoms with van der Waals surface area (Å²) in [6.07, 6.45) is 1.28. The number of aryl methyl sites for hydroxylation is 2. The lowest BCUT2D eigenvalue weighted by Gasteiger charge is -2.30. The van der Waals surface area contributed by atoms with E-state index >= 15 is 0 Å². The highest BCUT2D eigenvalue weighted by Gasteiger charge is 2.34. The summed E-state index contributed by atoms with van der Waals surface area (Å²) in [4.78, 5) is 15.2. The summed E-state index contributed by atoms with van der Waals surface area (Å²) in [5, 5.41) is 7.16. The first-order valence-electron chi connectivity index (χ1n) is 8.51. The number of fused-ring (bicyclic) bond motifs is 1. The Hall–Kier alpha value is -1.97. The second-order valence-electron chi connectivity index (χ2n) is 6.68. The maximum absolute atomic E-state index is 13.3. The molecule has 9 heteroatoms. The van der Waals surface area contributed by atoms with E-state index in [4.69, 9.17) is 0 Å². The van der Waals surface area contributed by atoms with Gasteiger partial charge in [-0.05, 0) is 32.3 Å². The van der Waals surface area contributed by atoms with Crippen molar-refractivity contribution in [2.75, 3.05) is 13.1 Å². The maximum Gasteiger partial charge on any atom is 0.340 e. The van der Waals surface area contributed by atoms with Gasteiger partial charge in [0.1, 0.15) is 10.7 Å². The van der Waals surface area contributed by atoms with Gasteiger partial charge in [-0.15, -0.1) is 11.3 Å². The quantitative estimate of drug-likeness (QED) is 0.715. The fraction of sp³-hybridized carbons (Fsp3) is 0.412. The molecule has 0 unspecified atom stereocenters. The summed E-state index contributed by atoms with van der Waals surface area (Å²) < 4.78 is 29.2. The molecule has 2 N–H and O–H groups in total. The van der Waals surface area contributed by atoms with Crippen molar-refractivity contribution in [2.45, 2.75) is 37.5 Å². The fourth-order valence-electron chi connectivity index (χ4n) is 3.65. The summed E-state index contributed by atoms with van der Waals surface area (Å²) in [7, 11) is -3.55. The number of nitrogens with zero attached hydrogens (tertiary/aromatic N) is 2. The second-order valence-corrected chi connectivity index (χ2v) is 9.78. The minimum absolute atomic E-state index is 0.0722. The monoisotopic (exact) mass is 392 g/mol. The van der Waals surface area contributed by atoms with Gasteiger partial charge >= 0.3 is 5.69 Å². The van der Waals surface area contributed by atoms with Gasteiger partial charge in [0.25, 0.3) is 0 Å². The molecule has 0 radical (unpaired) electrons. The highest BCUT2D eigenvalue weighted by atomic mass is 32.2. The molecule has 0 aliphatic carbocycles. The molecule has 26 heavy (non-hydrogen) atoms. The lowest BCUT2D eigenvalue weighted by Crippen LogP contribution is -2.38. The van der Waals surface area contributed by atoms with Crippen LogP contribution in [0.3, 0.4) is 0 Å². The molecule has 0 spiro atoms. The number of hydrogen-bond acceptors (Lipinski definition) is 5. The summed E-state index contributed by atoms with van der Waals surface area (Å²) in [5.41, 5.74) is 0.768. The van der Waals surface area contributed by atoms with Crippen molar-refractivity contribution in [3.63, 3.8) is 0 Å². The predicted octanol–water partition coefficient (Wildman–Crippen LogP) is 2.50. The molecule has 0 saturated carbocycles. The van der Waals surface area contributed by atoms with E-state index < -0.39 is 10.0 Å². The highest BCUT2D eigenvalue weighted by Crippen LogP contribution is 2.38. The Kier molecular flexibility index (Phi) is 4.25. The number of aromatic amines is 2. The summed E-state index contributed by atoms with van der Waals surface area (Å²) in [5.74, 6) is 0.683. The van der Waals surface area contributed by atoms with Crippen LogP contribution < -0.4 is 5.69 Å². The molecule has 2 aromatic heterocycles. The van der Waals surface area contributed by atoms with E-state index in [1.807, 2.05) is 32.0 Å². The number of piperidine rings is 1. The van der Waals surface area contributed by atoms with E-state index in [1.54, 1.807) is 4.31 Å². The van der Waals surface area contributed by atoms with Crippen LogP contribution in [0.5, 0.6) is 0 Å². The zero-order valence-corrected chi connectivity index (χ0v) is 16.2. The predicted molar refractivity (Wildman–Crippen MR) is 101 cm³/mol.